The quantitative estimate of drug-likeness (QED) is 0.552. The van der Waals surface area contributed by atoms with Crippen LogP contribution in [0.5, 0.6) is 0 Å². The normalized spacial score (nSPS) is 39.0. The summed E-state index contributed by atoms with van der Waals surface area (Å²) in [6.07, 6.45) is 3.77. The van der Waals surface area contributed by atoms with Crippen molar-refractivity contribution in [2.75, 3.05) is 18.8 Å². The van der Waals surface area contributed by atoms with Crippen molar-refractivity contribution >= 4 is 30.4 Å². The van der Waals surface area contributed by atoms with Crippen molar-refractivity contribution in [1.82, 2.24) is 0 Å². The zero-order chi connectivity index (χ0) is 18.9. The fourth-order valence-corrected chi connectivity index (χ4v) is 7.56. The van der Waals surface area contributed by atoms with Crippen LogP contribution in [-0.2, 0) is 42.9 Å². The van der Waals surface area contributed by atoms with E-state index in [1.165, 1.54) is 0 Å². The van der Waals surface area contributed by atoms with Gasteiger partial charge in [0.1, 0.15) is 0 Å². The van der Waals surface area contributed by atoms with E-state index in [0.29, 0.717) is 19.3 Å². The minimum atomic E-state index is -3.85. The van der Waals surface area contributed by atoms with E-state index in [2.05, 4.69) is 0 Å². The van der Waals surface area contributed by atoms with Crippen LogP contribution in [0.2, 0.25) is 0 Å². The molecule has 0 aromatic rings. The lowest BCUT2D eigenvalue weighted by atomic mass is 9.50. The van der Waals surface area contributed by atoms with Crippen LogP contribution in [0, 0.1) is 5.92 Å². The van der Waals surface area contributed by atoms with E-state index in [9.17, 15) is 25.3 Å². The summed E-state index contributed by atoms with van der Waals surface area (Å²) in [6, 6.07) is 0. The predicted octanol–water partition coefficient (Wildman–Crippen LogP) is 0.0873. The fourth-order valence-electron chi connectivity index (χ4n) is 5.11. The molecule has 0 saturated heterocycles. The summed E-state index contributed by atoms with van der Waals surface area (Å²) in [7, 11) is -11.6. The molecule has 4 aliphatic carbocycles. The maximum Gasteiger partial charge on any atom is 0.264 e. The molecule has 1 radical (unpaired) electrons. The topological polar surface area (TPSA) is 130 Å². The van der Waals surface area contributed by atoms with Crippen molar-refractivity contribution in [2.45, 2.75) is 55.3 Å². The Morgan fingerprint density at radius 3 is 1.04 bits per heavy atom. The summed E-state index contributed by atoms with van der Waals surface area (Å²) in [5.41, 5.74) is -3.77. The van der Waals surface area contributed by atoms with Gasteiger partial charge in [-0.05, 0) is 25.2 Å². The van der Waals surface area contributed by atoms with E-state index in [1.807, 2.05) is 0 Å². The molecule has 4 aliphatic rings. The Labute approximate surface area is 148 Å². The smallest absolute Gasteiger partial charge is 0.263 e. The first-order valence-corrected chi connectivity index (χ1v) is 13.0. The zero-order valence-electron chi connectivity index (χ0n) is 14.1. The molecule has 0 atom stereocenters. The Balaban J connectivity index is 2.07. The fraction of sp³-hybridized carbons (Fsp3) is 0.923. The minimum Gasteiger partial charge on any atom is -0.263 e. The largest absolute Gasteiger partial charge is 0.264 e. The summed E-state index contributed by atoms with van der Waals surface area (Å²) in [5, 5.41) is 0. The molecular formula is C13H21O9S3. The molecule has 145 valence electrons. The Bertz CT molecular complexity index is 760. The molecule has 0 unspecified atom stereocenters. The Hall–Kier alpha value is -0.270. The maximum atomic E-state index is 11.7. The van der Waals surface area contributed by atoms with Crippen LogP contribution in [0.15, 0.2) is 0 Å². The first kappa shape index (κ1) is 19.5. The number of hydrogen-bond acceptors (Lipinski definition) is 9. The highest BCUT2D eigenvalue weighted by Gasteiger charge is 2.68. The molecule has 0 amide bonds. The van der Waals surface area contributed by atoms with Crippen molar-refractivity contribution in [2.24, 2.45) is 0 Å². The van der Waals surface area contributed by atoms with E-state index < -0.39 is 47.2 Å². The highest BCUT2D eigenvalue weighted by atomic mass is 32.2. The second-order valence-electron chi connectivity index (χ2n) is 7.72. The molecule has 4 saturated carbocycles. The van der Waals surface area contributed by atoms with Crippen molar-refractivity contribution in [3.8, 4) is 0 Å². The molecule has 0 aromatic heterocycles. The van der Waals surface area contributed by atoms with Gasteiger partial charge >= 0.3 is 0 Å². The molecule has 0 aliphatic heterocycles. The van der Waals surface area contributed by atoms with Crippen LogP contribution in [0.25, 0.3) is 0 Å². The Kier molecular flexibility index (Phi) is 4.20. The molecular weight excluding hydrogens is 396 g/mol. The molecule has 4 fully saturated rings. The van der Waals surface area contributed by atoms with Gasteiger partial charge in [-0.2, -0.15) is 25.3 Å². The summed E-state index contributed by atoms with van der Waals surface area (Å²) in [4.78, 5) is 0. The molecule has 0 heterocycles. The third kappa shape index (κ3) is 4.35. The highest BCUT2D eigenvalue weighted by Crippen LogP contribution is 2.64. The van der Waals surface area contributed by atoms with Gasteiger partial charge in [0, 0.05) is 19.3 Å². The molecule has 25 heavy (non-hydrogen) atoms. The monoisotopic (exact) mass is 417 g/mol. The first-order chi connectivity index (χ1) is 11.0. The van der Waals surface area contributed by atoms with Gasteiger partial charge in [-0.15, -0.1) is 0 Å². The van der Waals surface area contributed by atoms with E-state index >= 15 is 0 Å². The van der Waals surface area contributed by atoms with Crippen LogP contribution >= 0.6 is 0 Å². The maximum absolute atomic E-state index is 11.7. The Morgan fingerprint density at radius 1 is 0.600 bits per heavy atom. The second-order valence-corrected chi connectivity index (χ2v) is 12.4. The van der Waals surface area contributed by atoms with Crippen molar-refractivity contribution in [1.29, 1.82) is 0 Å². The summed E-state index contributed by atoms with van der Waals surface area (Å²) in [5.74, 6) is 0.791. The lowest BCUT2D eigenvalue weighted by Crippen LogP contribution is -2.68. The van der Waals surface area contributed by atoms with Gasteiger partial charge in [-0.25, -0.2) is 0 Å². The number of rotatable bonds is 6. The van der Waals surface area contributed by atoms with E-state index in [1.54, 1.807) is 0 Å². The van der Waals surface area contributed by atoms with Crippen molar-refractivity contribution in [3.63, 3.8) is 0 Å². The van der Waals surface area contributed by atoms with Crippen LogP contribution in [-0.4, -0.2) is 60.8 Å². The van der Waals surface area contributed by atoms with Gasteiger partial charge < -0.3 is 0 Å². The third-order valence-corrected chi connectivity index (χ3v) is 6.60. The molecule has 0 N–H and O–H groups in total. The lowest BCUT2D eigenvalue weighted by molar-refractivity contribution is -0.192. The van der Waals surface area contributed by atoms with Gasteiger partial charge in [-0.1, -0.05) is 0 Å². The van der Waals surface area contributed by atoms with Gasteiger partial charge in [0.25, 0.3) is 30.4 Å². The van der Waals surface area contributed by atoms with Crippen molar-refractivity contribution in [3.05, 3.63) is 5.92 Å². The van der Waals surface area contributed by atoms with Gasteiger partial charge in [0.2, 0.25) is 0 Å². The summed E-state index contributed by atoms with van der Waals surface area (Å²) < 4.78 is 86.4. The minimum absolute atomic E-state index is 0.0402. The lowest BCUT2D eigenvalue weighted by Gasteiger charge is -2.63. The molecule has 4 bridgehead atoms. The first-order valence-electron chi connectivity index (χ1n) is 7.58. The van der Waals surface area contributed by atoms with Crippen LogP contribution < -0.4 is 0 Å². The molecule has 0 spiro atoms. The summed E-state index contributed by atoms with van der Waals surface area (Å²) >= 11 is 0. The third-order valence-electron chi connectivity index (χ3n) is 4.63. The predicted molar refractivity (Wildman–Crippen MR) is 86.9 cm³/mol. The molecule has 9 nitrogen and oxygen atoms in total. The van der Waals surface area contributed by atoms with Crippen LogP contribution in [0.4, 0.5) is 0 Å². The molecule has 0 aromatic carbocycles. The average molecular weight is 418 g/mol. The highest BCUT2D eigenvalue weighted by molar-refractivity contribution is 7.86. The average Bonchev–Trinajstić information content (AvgIpc) is 2.13. The Morgan fingerprint density at radius 2 is 0.840 bits per heavy atom. The van der Waals surface area contributed by atoms with Crippen LogP contribution in [0.3, 0.4) is 0 Å². The van der Waals surface area contributed by atoms with Gasteiger partial charge in [0.05, 0.1) is 35.6 Å². The summed E-state index contributed by atoms with van der Waals surface area (Å²) in [6.45, 7) is 0. The van der Waals surface area contributed by atoms with Gasteiger partial charge in [0.15, 0.2) is 0 Å². The van der Waals surface area contributed by atoms with E-state index in [4.69, 9.17) is 12.5 Å². The van der Waals surface area contributed by atoms with E-state index in [0.717, 1.165) is 24.7 Å². The van der Waals surface area contributed by atoms with Crippen molar-refractivity contribution < 1.29 is 37.8 Å². The standard InChI is InChI=1S/C13H21O9S3/c1-23(14,15)20-11-4-10-5-12(7-11,21-24(2,16)17)9-13(6-10,8-11)22-25(3,18)19/h4-9H2,1-3H3. The van der Waals surface area contributed by atoms with Gasteiger partial charge in [-0.3, -0.25) is 12.5 Å². The van der Waals surface area contributed by atoms with Crippen LogP contribution in [0.1, 0.15) is 38.5 Å². The SMILES string of the molecule is CS(=O)(=O)OC12C[C]3CC(OS(C)(=O)=O)(C1)CC(OS(C)(=O)=O)(C3)C2. The zero-order valence-corrected chi connectivity index (χ0v) is 16.6. The van der Waals surface area contributed by atoms with E-state index in [-0.39, 0.29) is 19.3 Å². The second kappa shape index (κ2) is 5.38. The molecule has 12 heteroatoms. The molecule has 4 rings (SSSR count). The number of hydrogen-bond donors (Lipinski definition) is 0.